The molecular formula is C27H30ClNO4S. The molecule has 0 fully saturated rings. The first-order valence-corrected chi connectivity index (χ1v) is 12.6. The first-order chi connectivity index (χ1) is 16.3. The molecule has 1 N–H and O–H groups in total. The Morgan fingerprint density at radius 2 is 1.85 bits per heavy atom. The van der Waals surface area contributed by atoms with Crippen LogP contribution in [0.25, 0.3) is 11.1 Å². The molecule has 2 aromatic carbocycles. The fourth-order valence-corrected chi connectivity index (χ4v) is 4.79. The van der Waals surface area contributed by atoms with Gasteiger partial charge in [0.15, 0.2) is 0 Å². The largest absolute Gasteiger partial charge is 0.494 e. The van der Waals surface area contributed by atoms with Crippen LogP contribution in [0.4, 0.5) is 5.00 Å². The van der Waals surface area contributed by atoms with Gasteiger partial charge in [0.2, 0.25) is 5.91 Å². The number of aryl methyl sites for hydroxylation is 1. The zero-order valence-corrected chi connectivity index (χ0v) is 21.5. The number of hydrogen-bond donors (Lipinski definition) is 1. The van der Waals surface area contributed by atoms with Crippen molar-refractivity contribution in [2.75, 3.05) is 18.5 Å². The van der Waals surface area contributed by atoms with E-state index in [2.05, 4.69) is 32.2 Å². The van der Waals surface area contributed by atoms with E-state index in [0.29, 0.717) is 40.1 Å². The van der Waals surface area contributed by atoms with Crippen molar-refractivity contribution in [2.24, 2.45) is 0 Å². The number of thiophene rings is 1. The second-order valence-electron chi connectivity index (χ2n) is 8.25. The van der Waals surface area contributed by atoms with Crippen LogP contribution in [0.1, 0.15) is 61.0 Å². The standard InChI is InChI=1S/C27H30ClNO4S/c1-5-32-27(31)25-23(19-8-10-20(28)11-9-19)16-34-26(25)29-24(30)7-6-14-33-21-12-13-22(17(2)3)18(4)15-21/h8-13,15-17H,5-7,14H2,1-4H3,(H,29,30). The van der Waals surface area contributed by atoms with Gasteiger partial charge in [0.25, 0.3) is 0 Å². The first-order valence-electron chi connectivity index (χ1n) is 11.4. The maximum Gasteiger partial charge on any atom is 0.341 e. The van der Waals surface area contributed by atoms with Gasteiger partial charge in [-0.05, 0) is 67.1 Å². The highest BCUT2D eigenvalue weighted by atomic mass is 35.5. The number of nitrogens with one attached hydrogen (secondary N) is 1. The molecule has 0 atom stereocenters. The summed E-state index contributed by atoms with van der Waals surface area (Å²) in [6, 6.07) is 13.3. The van der Waals surface area contributed by atoms with Gasteiger partial charge in [-0.25, -0.2) is 4.79 Å². The van der Waals surface area contributed by atoms with Crippen molar-refractivity contribution < 1.29 is 19.1 Å². The van der Waals surface area contributed by atoms with Crippen LogP contribution in [-0.2, 0) is 9.53 Å². The van der Waals surface area contributed by atoms with Gasteiger partial charge in [-0.1, -0.05) is 43.6 Å². The molecule has 1 heterocycles. The Morgan fingerprint density at radius 1 is 1.12 bits per heavy atom. The maximum atomic E-state index is 12.7. The monoisotopic (exact) mass is 499 g/mol. The van der Waals surface area contributed by atoms with Crippen molar-refractivity contribution in [3.05, 3.63) is 69.6 Å². The number of carbonyl (C=O) groups excluding carboxylic acids is 2. The zero-order chi connectivity index (χ0) is 24.7. The van der Waals surface area contributed by atoms with Gasteiger partial charge in [-0.15, -0.1) is 11.3 Å². The van der Waals surface area contributed by atoms with E-state index in [9.17, 15) is 9.59 Å². The number of ether oxygens (including phenoxy) is 2. The molecule has 0 aliphatic heterocycles. The van der Waals surface area contributed by atoms with E-state index in [4.69, 9.17) is 21.1 Å². The molecule has 1 amide bonds. The smallest absolute Gasteiger partial charge is 0.341 e. The van der Waals surface area contributed by atoms with Crippen molar-refractivity contribution in [3.63, 3.8) is 0 Å². The minimum atomic E-state index is -0.465. The Balaban J connectivity index is 1.61. The maximum absolute atomic E-state index is 12.7. The van der Waals surface area contributed by atoms with E-state index in [-0.39, 0.29) is 18.9 Å². The lowest BCUT2D eigenvalue weighted by Crippen LogP contribution is -2.15. The fraction of sp³-hybridized carbons (Fsp3) is 0.333. The third kappa shape index (κ3) is 6.61. The highest BCUT2D eigenvalue weighted by molar-refractivity contribution is 7.15. The van der Waals surface area contributed by atoms with Crippen LogP contribution < -0.4 is 10.1 Å². The van der Waals surface area contributed by atoms with Gasteiger partial charge < -0.3 is 14.8 Å². The molecule has 0 spiro atoms. The Hall–Kier alpha value is -2.83. The number of rotatable bonds is 10. The molecule has 0 saturated carbocycles. The van der Waals surface area contributed by atoms with Gasteiger partial charge >= 0.3 is 5.97 Å². The third-order valence-electron chi connectivity index (χ3n) is 5.36. The molecule has 7 heteroatoms. The van der Waals surface area contributed by atoms with Crippen molar-refractivity contribution >= 4 is 39.8 Å². The quantitative estimate of drug-likeness (QED) is 0.232. The minimum Gasteiger partial charge on any atom is -0.494 e. The molecule has 3 aromatic rings. The number of hydrogen-bond acceptors (Lipinski definition) is 5. The summed E-state index contributed by atoms with van der Waals surface area (Å²) in [7, 11) is 0. The Kier molecular flexibility index (Phi) is 9.13. The van der Waals surface area contributed by atoms with Crippen molar-refractivity contribution in [1.82, 2.24) is 0 Å². The average Bonchev–Trinajstić information content (AvgIpc) is 3.20. The van der Waals surface area contributed by atoms with Crippen molar-refractivity contribution in [3.8, 4) is 16.9 Å². The summed E-state index contributed by atoms with van der Waals surface area (Å²) in [5.74, 6) is 0.630. The van der Waals surface area contributed by atoms with E-state index >= 15 is 0 Å². The van der Waals surface area contributed by atoms with E-state index in [1.807, 2.05) is 29.6 Å². The van der Waals surface area contributed by atoms with Crippen LogP contribution in [0, 0.1) is 6.92 Å². The van der Waals surface area contributed by atoms with E-state index in [0.717, 1.165) is 11.3 Å². The second kappa shape index (κ2) is 12.0. The summed E-state index contributed by atoms with van der Waals surface area (Å²) in [5.41, 5.74) is 4.40. The summed E-state index contributed by atoms with van der Waals surface area (Å²) in [6.07, 6.45) is 0.834. The van der Waals surface area contributed by atoms with Crippen LogP contribution in [-0.4, -0.2) is 25.1 Å². The molecule has 1 aromatic heterocycles. The predicted molar refractivity (Wildman–Crippen MR) is 139 cm³/mol. The van der Waals surface area contributed by atoms with Crippen LogP contribution in [0.5, 0.6) is 5.75 Å². The molecular weight excluding hydrogens is 470 g/mol. The van der Waals surface area contributed by atoms with Crippen LogP contribution in [0.2, 0.25) is 5.02 Å². The van der Waals surface area contributed by atoms with Gasteiger partial charge in [0.05, 0.1) is 13.2 Å². The second-order valence-corrected chi connectivity index (χ2v) is 9.57. The molecule has 180 valence electrons. The lowest BCUT2D eigenvalue weighted by molar-refractivity contribution is -0.116. The van der Waals surface area contributed by atoms with E-state index in [1.165, 1.54) is 22.5 Å². The normalized spacial score (nSPS) is 10.9. The molecule has 0 radical (unpaired) electrons. The highest BCUT2D eigenvalue weighted by Gasteiger charge is 2.22. The summed E-state index contributed by atoms with van der Waals surface area (Å²) in [6.45, 7) is 8.84. The Labute approximate surface area is 210 Å². The minimum absolute atomic E-state index is 0.176. The van der Waals surface area contributed by atoms with Gasteiger partial charge in [-0.2, -0.15) is 0 Å². The Bertz CT molecular complexity index is 1140. The summed E-state index contributed by atoms with van der Waals surface area (Å²) < 4.78 is 11.1. The van der Waals surface area contributed by atoms with E-state index in [1.54, 1.807) is 19.1 Å². The van der Waals surface area contributed by atoms with Crippen LogP contribution in [0.3, 0.4) is 0 Å². The molecule has 3 rings (SSSR count). The molecule has 0 unspecified atom stereocenters. The van der Waals surface area contributed by atoms with E-state index < -0.39 is 5.97 Å². The van der Waals surface area contributed by atoms with Crippen molar-refractivity contribution in [1.29, 1.82) is 0 Å². The number of anilines is 1. The van der Waals surface area contributed by atoms with Crippen LogP contribution in [0.15, 0.2) is 47.8 Å². The molecule has 0 saturated heterocycles. The van der Waals surface area contributed by atoms with Gasteiger partial charge in [0.1, 0.15) is 16.3 Å². The fourth-order valence-electron chi connectivity index (χ4n) is 3.70. The SMILES string of the molecule is CCOC(=O)c1c(-c2ccc(Cl)cc2)csc1NC(=O)CCCOc1ccc(C(C)C)c(C)c1. The number of carbonyl (C=O) groups is 2. The highest BCUT2D eigenvalue weighted by Crippen LogP contribution is 2.36. The third-order valence-corrected chi connectivity index (χ3v) is 6.51. The summed E-state index contributed by atoms with van der Waals surface area (Å²) >= 11 is 7.30. The topological polar surface area (TPSA) is 64.6 Å². The number of esters is 1. The summed E-state index contributed by atoms with van der Waals surface area (Å²) in [4.78, 5) is 25.3. The van der Waals surface area contributed by atoms with Gasteiger partial charge in [0, 0.05) is 22.4 Å². The molecule has 5 nitrogen and oxygen atoms in total. The molecule has 0 aliphatic carbocycles. The molecule has 0 bridgehead atoms. The molecule has 0 aliphatic rings. The number of benzene rings is 2. The zero-order valence-electron chi connectivity index (χ0n) is 19.9. The Morgan fingerprint density at radius 3 is 2.50 bits per heavy atom. The average molecular weight is 500 g/mol. The molecule has 34 heavy (non-hydrogen) atoms. The predicted octanol–water partition coefficient (Wildman–Crippen LogP) is 7.47. The number of amides is 1. The summed E-state index contributed by atoms with van der Waals surface area (Å²) in [5, 5.41) is 5.81. The lowest BCUT2D eigenvalue weighted by Gasteiger charge is -2.12. The number of halogens is 1. The first kappa shape index (κ1) is 25.8. The lowest BCUT2D eigenvalue weighted by atomic mass is 9.98. The van der Waals surface area contributed by atoms with Crippen LogP contribution >= 0.6 is 22.9 Å². The van der Waals surface area contributed by atoms with Gasteiger partial charge in [-0.3, -0.25) is 4.79 Å². The van der Waals surface area contributed by atoms with Crippen molar-refractivity contribution in [2.45, 2.75) is 46.5 Å².